The van der Waals surface area contributed by atoms with E-state index in [-0.39, 0.29) is 11.8 Å². The fourth-order valence-electron chi connectivity index (χ4n) is 1.72. The first-order valence-electron chi connectivity index (χ1n) is 7.43. The summed E-state index contributed by atoms with van der Waals surface area (Å²) in [4.78, 5) is 34.2. The summed E-state index contributed by atoms with van der Waals surface area (Å²) in [6.07, 6.45) is 0.876. The molecular weight excluding hydrogens is 296 g/mol. The van der Waals surface area contributed by atoms with Crippen molar-refractivity contribution in [1.29, 1.82) is 0 Å². The Morgan fingerprint density at radius 3 is 2.00 bits per heavy atom. The standard InChI is InChI=1S/C16H24N4O3/c1-16(2,3)14(22)18-10-4-5-13(21)19-11-6-8-12(9-7-11)20-15(17)23/h6-9H,4-5,10H2,1-3H3,(H,18,22)(H,19,21)(H3,17,20,23). The Balaban J connectivity index is 2.31. The lowest BCUT2D eigenvalue weighted by molar-refractivity contribution is -0.128. The highest BCUT2D eigenvalue weighted by Gasteiger charge is 2.20. The lowest BCUT2D eigenvalue weighted by Gasteiger charge is -2.17. The molecule has 126 valence electrons. The van der Waals surface area contributed by atoms with E-state index in [9.17, 15) is 14.4 Å². The summed E-state index contributed by atoms with van der Waals surface area (Å²) in [5, 5.41) is 7.98. The Morgan fingerprint density at radius 1 is 1.00 bits per heavy atom. The minimum atomic E-state index is -0.640. The van der Waals surface area contributed by atoms with Crippen molar-refractivity contribution in [3.8, 4) is 0 Å². The van der Waals surface area contributed by atoms with Crippen molar-refractivity contribution in [3.63, 3.8) is 0 Å². The molecule has 0 aliphatic heterocycles. The molecule has 0 spiro atoms. The number of hydrogen-bond acceptors (Lipinski definition) is 3. The van der Waals surface area contributed by atoms with Gasteiger partial charge in [-0.25, -0.2) is 4.79 Å². The van der Waals surface area contributed by atoms with Crippen LogP contribution >= 0.6 is 0 Å². The van der Waals surface area contributed by atoms with E-state index in [0.29, 0.717) is 30.8 Å². The maximum atomic E-state index is 11.8. The minimum absolute atomic E-state index is 0.0320. The Bertz CT molecular complexity index is 562. The van der Waals surface area contributed by atoms with Crippen LogP contribution in [0.25, 0.3) is 0 Å². The van der Waals surface area contributed by atoms with Gasteiger partial charge in [-0.15, -0.1) is 0 Å². The van der Waals surface area contributed by atoms with Crippen LogP contribution in [0.5, 0.6) is 0 Å². The largest absolute Gasteiger partial charge is 0.356 e. The first kappa shape index (κ1) is 18.5. The van der Waals surface area contributed by atoms with Gasteiger partial charge in [0.15, 0.2) is 0 Å². The molecule has 0 fully saturated rings. The van der Waals surface area contributed by atoms with Crippen molar-refractivity contribution < 1.29 is 14.4 Å². The van der Waals surface area contributed by atoms with Crippen LogP contribution in [0.2, 0.25) is 0 Å². The molecule has 1 aromatic carbocycles. The molecule has 0 aromatic heterocycles. The number of nitrogens with two attached hydrogens (primary N) is 1. The zero-order valence-electron chi connectivity index (χ0n) is 13.7. The molecule has 1 rings (SSSR count). The molecule has 4 amide bonds. The Morgan fingerprint density at radius 2 is 1.52 bits per heavy atom. The third kappa shape index (κ3) is 7.30. The molecule has 0 radical (unpaired) electrons. The lowest BCUT2D eigenvalue weighted by Crippen LogP contribution is -2.35. The summed E-state index contributed by atoms with van der Waals surface area (Å²) in [6.45, 7) is 5.98. The Labute approximate surface area is 136 Å². The van der Waals surface area contributed by atoms with Crippen LogP contribution in [-0.2, 0) is 9.59 Å². The summed E-state index contributed by atoms with van der Waals surface area (Å²) in [7, 11) is 0. The molecule has 0 aliphatic carbocycles. The molecule has 7 heteroatoms. The van der Waals surface area contributed by atoms with Crippen LogP contribution in [0.1, 0.15) is 33.6 Å². The van der Waals surface area contributed by atoms with Gasteiger partial charge < -0.3 is 21.7 Å². The van der Waals surface area contributed by atoms with Crippen molar-refractivity contribution >= 4 is 29.2 Å². The third-order valence-electron chi connectivity index (χ3n) is 2.98. The molecular formula is C16H24N4O3. The van der Waals surface area contributed by atoms with E-state index in [4.69, 9.17) is 5.73 Å². The first-order chi connectivity index (χ1) is 10.7. The van der Waals surface area contributed by atoms with Crippen LogP contribution in [0.4, 0.5) is 16.2 Å². The van der Waals surface area contributed by atoms with Crippen LogP contribution in [-0.4, -0.2) is 24.4 Å². The van der Waals surface area contributed by atoms with E-state index in [1.807, 2.05) is 20.8 Å². The highest BCUT2D eigenvalue weighted by molar-refractivity contribution is 5.92. The maximum absolute atomic E-state index is 11.8. The van der Waals surface area contributed by atoms with E-state index in [2.05, 4.69) is 16.0 Å². The summed E-state index contributed by atoms with van der Waals surface area (Å²) in [5.41, 5.74) is 5.77. The van der Waals surface area contributed by atoms with Gasteiger partial charge in [-0.05, 0) is 30.7 Å². The monoisotopic (exact) mass is 320 g/mol. The molecule has 23 heavy (non-hydrogen) atoms. The smallest absolute Gasteiger partial charge is 0.316 e. The highest BCUT2D eigenvalue weighted by Crippen LogP contribution is 2.14. The second-order valence-electron chi connectivity index (χ2n) is 6.22. The average Bonchev–Trinajstić information content (AvgIpc) is 2.44. The number of benzene rings is 1. The van der Waals surface area contributed by atoms with E-state index >= 15 is 0 Å². The average molecular weight is 320 g/mol. The van der Waals surface area contributed by atoms with Crippen molar-refractivity contribution in [3.05, 3.63) is 24.3 Å². The molecule has 0 bridgehead atoms. The Kier molecular flexibility index (Phi) is 6.56. The van der Waals surface area contributed by atoms with Crippen molar-refractivity contribution in [2.75, 3.05) is 17.2 Å². The van der Waals surface area contributed by atoms with Gasteiger partial charge in [-0.3, -0.25) is 9.59 Å². The zero-order valence-corrected chi connectivity index (χ0v) is 13.7. The summed E-state index contributed by atoms with van der Waals surface area (Å²) >= 11 is 0. The molecule has 5 N–H and O–H groups in total. The molecule has 0 atom stereocenters. The third-order valence-corrected chi connectivity index (χ3v) is 2.98. The van der Waals surface area contributed by atoms with E-state index in [1.165, 1.54) is 0 Å². The quantitative estimate of drug-likeness (QED) is 0.601. The molecule has 1 aromatic rings. The number of amides is 4. The molecule has 0 heterocycles. The van der Waals surface area contributed by atoms with Crippen molar-refractivity contribution in [2.24, 2.45) is 11.1 Å². The molecule has 0 saturated heterocycles. The van der Waals surface area contributed by atoms with Crippen LogP contribution in [0.15, 0.2) is 24.3 Å². The van der Waals surface area contributed by atoms with Crippen molar-refractivity contribution in [2.45, 2.75) is 33.6 Å². The normalized spacial score (nSPS) is 10.7. The number of urea groups is 1. The predicted octanol–water partition coefficient (Wildman–Crippen LogP) is 2.06. The lowest BCUT2D eigenvalue weighted by atomic mass is 9.96. The minimum Gasteiger partial charge on any atom is -0.356 e. The number of carbonyl (C=O) groups excluding carboxylic acids is 3. The van der Waals surface area contributed by atoms with E-state index in [0.717, 1.165) is 0 Å². The second kappa shape index (κ2) is 8.17. The number of rotatable bonds is 6. The first-order valence-corrected chi connectivity index (χ1v) is 7.43. The predicted molar refractivity (Wildman–Crippen MR) is 90.0 cm³/mol. The summed E-state index contributed by atoms with van der Waals surface area (Å²) in [5.74, 6) is -0.166. The van der Waals surface area contributed by atoms with E-state index < -0.39 is 11.4 Å². The van der Waals surface area contributed by atoms with Gasteiger partial charge in [-0.2, -0.15) is 0 Å². The van der Waals surface area contributed by atoms with Gasteiger partial charge in [0.2, 0.25) is 11.8 Å². The van der Waals surface area contributed by atoms with Gasteiger partial charge in [0, 0.05) is 29.8 Å². The van der Waals surface area contributed by atoms with Crippen LogP contribution in [0, 0.1) is 5.41 Å². The van der Waals surface area contributed by atoms with Crippen molar-refractivity contribution in [1.82, 2.24) is 5.32 Å². The summed E-state index contributed by atoms with van der Waals surface area (Å²) < 4.78 is 0. The van der Waals surface area contributed by atoms with Gasteiger partial charge in [0.1, 0.15) is 0 Å². The number of anilines is 2. The highest BCUT2D eigenvalue weighted by atomic mass is 16.2. The maximum Gasteiger partial charge on any atom is 0.316 e. The van der Waals surface area contributed by atoms with Gasteiger partial charge in [0.05, 0.1) is 0 Å². The number of hydrogen-bond donors (Lipinski definition) is 4. The van der Waals surface area contributed by atoms with Crippen LogP contribution in [0.3, 0.4) is 0 Å². The topological polar surface area (TPSA) is 113 Å². The number of carbonyl (C=O) groups is 3. The number of nitrogens with one attached hydrogen (secondary N) is 3. The van der Waals surface area contributed by atoms with Crippen LogP contribution < -0.4 is 21.7 Å². The van der Waals surface area contributed by atoms with E-state index in [1.54, 1.807) is 24.3 Å². The zero-order chi connectivity index (χ0) is 17.5. The SMILES string of the molecule is CC(C)(C)C(=O)NCCCC(=O)Nc1ccc(NC(N)=O)cc1. The fourth-order valence-corrected chi connectivity index (χ4v) is 1.72. The summed E-state index contributed by atoms with van der Waals surface area (Å²) in [6, 6.07) is 5.99. The molecule has 0 unspecified atom stereocenters. The van der Waals surface area contributed by atoms with Gasteiger partial charge >= 0.3 is 6.03 Å². The molecule has 0 saturated carbocycles. The van der Waals surface area contributed by atoms with Gasteiger partial charge in [-0.1, -0.05) is 20.8 Å². The molecule has 0 aliphatic rings. The van der Waals surface area contributed by atoms with Gasteiger partial charge in [0.25, 0.3) is 0 Å². The molecule has 7 nitrogen and oxygen atoms in total. The second-order valence-corrected chi connectivity index (χ2v) is 6.22. The Hall–Kier alpha value is -2.57. The fraction of sp³-hybridized carbons (Fsp3) is 0.438. The number of primary amides is 1.